The monoisotopic (exact) mass is 442 g/mol. The third-order valence-electron chi connectivity index (χ3n) is 6.84. The van der Waals surface area contributed by atoms with Crippen LogP contribution in [0.25, 0.3) is 0 Å². The zero-order chi connectivity index (χ0) is 22.3. The predicted octanol–water partition coefficient (Wildman–Crippen LogP) is 1.99. The smallest absolute Gasteiger partial charge is 0.410 e. The molecule has 1 aromatic carbocycles. The SMILES string of the molecule is O=C(OCc1ccccc1)N1CCN2CCCC[C@@H]2C1.O=C1NCC(=O)N2CCCC[C@H]12. The van der Waals surface area contributed by atoms with Crippen LogP contribution in [0.2, 0.25) is 0 Å². The van der Waals surface area contributed by atoms with Crippen molar-refractivity contribution in [3.05, 3.63) is 35.9 Å². The van der Waals surface area contributed by atoms with Crippen LogP contribution in [0, 0.1) is 0 Å². The highest BCUT2D eigenvalue weighted by Gasteiger charge is 2.35. The highest BCUT2D eigenvalue weighted by Crippen LogP contribution is 2.22. The number of carbonyl (C=O) groups is 3. The Morgan fingerprint density at radius 3 is 2.56 bits per heavy atom. The summed E-state index contributed by atoms with van der Waals surface area (Å²) < 4.78 is 5.42. The quantitative estimate of drug-likeness (QED) is 0.758. The second-order valence-electron chi connectivity index (χ2n) is 8.99. The van der Waals surface area contributed by atoms with Gasteiger partial charge >= 0.3 is 6.09 Å². The van der Waals surface area contributed by atoms with E-state index in [0.717, 1.165) is 51.0 Å². The number of piperidine rings is 2. The fourth-order valence-electron chi connectivity index (χ4n) is 5.02. The zero-order valence-corrected chi connectivity index (χ0v) is 18.7. The Morgan fingerprint density at radius 2 is 1.75 bits per heavy atom. The molecule has 4 fully saturated rings. The molecule has 32 heavy (non-hydrogen) atoms. The summed E-state index contributed by atoms with van der Waals surface area (Å²) in [7, 11) is 0. The summed E-state index contributed by atoms with van der Waals surface area (Å²) in [6.07, 6.45) is 6.56. The number of hydrogen-bond acceptors (Lipinski definition) is 5. The van der Waals surface area contributed by atoms with Crippen LogP contribution in [-0.2, 0) is 20.9 Å². The van der Waals surface area contributed by atoms with Crippen molar-refractivity contribution in [1.82, 2.24) is 20.0 Å². The molecule has 0 saturated carbocycles. The second kappa shape index (κ2) is 10.8. The minimum absolute atomic E-state index is 0.0225. The molecule has 2 atom stereocenters. The van der Waals surface area contributed by atoms with Crippen molar-refractivity contribution in [2.24, 2.45) is 0 Å². The first-order valence-electron chi connectivity index (χ1n) is 11.9. The number of carbonyl (C=O) groups excluding carboxylic acids is 3. The van der Waals surface area contributed by atoms with E-state index in [1.165, 1.54) is 25.8 Å². The van der Waals surface area contributed by atoms with Crippen LogP contribution in [0.4, 0.5) is 4.79 Å². The normalized spacial score (nSPS) is 25.6. The van der Waals surface area contributed by atoms with Gasteiger partial charge in [0, 0.05) is 32.2 Å². The topological polar surface area (TPSA) is 82.2 Å². The van der Waals surface area contributed by atoms with Crippen LogP contribution in [0.15, 0.2) is 30.3 Å². The Kier molecular flexibility index (Phi) is 7.63. The average molecular weight is 443 g/mol. The molecule has 0 bridgehead atoms. The maximum atomic E-state index is 12.1. The molecule has 3 amide bonds. The summed E-state index contributed by atoms with van der Waals surface area (Å²) in [4.78, 5) is 40.8. The van der Waals surface area contributed by atoms with Crippen LogP contribution in [0.3, 0.4) is 0 Å². The van der Waals surface area contributed by atoms with E-state index in [1.54, 1.807) is 4.90 Å². The van der Waals surface area contributed by atoms with Gasteiger partial charge in [-0.05, 0) is 44.2 Å². The second-order valence-corrected chi connectivity index (χ2v) is 8.99. The van der Waals surface area contributed by atoms with E-state index in [0.29, 0.717) is 12.6 Å². The minimum Gasteiger partial charge on any atom is -0.445 e. The van der Waals surface area contributed by atoms with Gasteiger partial charge in [0.15, 0.2) is 0 Å². The largest absolute Gasteiger partial charge is 0.445 e. The van der Waals surface area contributed by atoms with E-state index in [4.69, 9.17) is 4.74 Å². The lowest BCUT2D eigenvalue weighted by atomic mass is 9.99. The van der Waals surface area contributed by atoms with Crippen molar-refractivity contribution in [2.75, 3.05) is 39.3 Å². The third kappa shape index (κ3) is 5.59. The van der Waals surface area contributed by atoms with Gasteiger partial charge in [0.25, 0.3) is 0 Å². The maximum absolute atomic E-state index is 12.1. The molecule has 4 heterocycles. The number of benzene rings is 1. The first-order chi connectivity index (χ1) is 15.6. The molecule has 4 saturated heterocycles. The lowest BCUT2D eigenvalue weighted by molar-refractivity contribution is -0.147. The number of nitrogens with one attached hydrogen (secondary N) is 1. The van der Waals surface area contributed by atoms with E-state index in [9.17, 15) is 14.4 Å². The van der Waals surface area contributed by atoms with Crippen LogP contribution in [-0.4, -0.2) is 84.0 Å². The lowest BCUT2D eigenvalue weighted by Crippen LogP contribution is -2.59. The minimum atomic E-state index is -0.168. The van der Waals surface area contributed by atoms with Crippen molar-refractivity contribution in [1.29, 1.82) is 0 Å². The van der Waals surface area contributed by atoms with Gasteiger partial charge in [-0.3, -0.25) is 14.5 Å². The lowest BCUT2D eigenvalue weighted by Gasteiger charge is -2.43. The maximum Gasteiger partial charge on any atom is 0.410 e. The summed E-state index contributed by atoms with van der Waals surface area (Å²) in [6, 6.07) is 10.2. The third-order valence-corrected chi connectivity index (χ3v) is 6.84. The highest BCUT2D eigenvalue weighted by atomic mass is 16.6. The van der Waals surface area contributed by atoms with E-state index in [2.05, 4.69) is 10.2 Å². The van der Waals surface area contributed by atoms with Crippen molar-refractivity contribution in [3.63, 3.8) is 0 Å². The molecule has 4 aliphatic heterocycles. The first kappa shape index (κ1) is 22.6. The van der Waals surface area contributed by atoms with E-state index in [-0.39, 0.29) is 30.5 Å². The molecule has 4 aliphatic rings. The molecule has 174 valence electrons. The van der Waals surface area contributed by atoms with Gasteiger partial charge < -0.3 is 19.9 Å². The van der Waals surface area contributed by atoms with Gasteiger partial charge in [-0.15, -0.1) is 0 Å². The average Bonchev–Trinajstić information content (AvgIpc) is 2.86. The molecular formula is C24H34N4O4. The van der Waals surface area contributed by atoms with Crippen molar-refractivity contribution in [3.8, 4) is 0 Å². The molecule has 5 rings (SSSR count). The number of hydrogen-bond donors (Lipinski definition) is 1. The Balaban J connectivity index is 0.000000174. The van der Waals surface area contributed by atoms with Gasteiger partial charge in [-0.1, -0.05) is 36.8 Å². The highest BCUT2D eigenvalue weighted by molar-refractivity contribution is 5.94. The molecule has 8 nitrogen and oxygen atoms in total. The summed E-state index contributed by atoms with van der Waals surface area (Å²) >= 11 is 0. The number of amides is 3. The molecule has 0 unspecified atom stereocenters. The van der Waals surface area contributed by atoms with Crippen LogP contribution in [0.5, 0.6) is 0 Å². The van der Waals surface area contributed by atoms with Gasteiger partial charge in [-0.2, -0.15) is 0 Å². The molecule has 0 aromatic heterocycles. The molecular weight excluding hydrogens is 408 g/mol. The fraction of sp³-hybridized carbons (Fsp3) is 0.625. The Hall–Kier alpha value is -2.61. The Labute approximate surface area is 189 Å². The van der Waals surface area contributed by atoms with Crippen LogP contribution < -0.4 is 5.32 Å². The molecule has 1 N–H and O–H groups in total. The van der Waals surface area contributed by atoms with Crippen molar-refractivity contribution >= 4 is 17.9 Å². The standard InChI is InChI=1S/C16H22N2O2.C8H12N2O2/c19-16(20-13-14-6-2-1-3-7-14)18-11-10-17-9-5-4-8-15(17)12-18;11-7-5-9-8(12)6-3-1-2-4-10(6)7/h1-3,6-7,15H,4-5,8-13H2;6H,1-5H2,(H,9,12)/t15-;6-/m11/s1. The van der Waals surface area contributed by atoms with Gasteiger partial charge in [-0.25, -0.2) is 4.79 Å². The van der Waals surface area contributed by atoms with Crippen molar-refractivity contribution < 1.29 is 19.1 Å². The Bertz CT molecular complexity index is 778. The number of rotatable bonds is 2. The molecule has 0 spiro atoms. The molecule has 8 heteroatoms. The van der Waals surface area contributed by atoms with E-state index >= 15 is 0 Å². The van der Waals surface area contributed by atoms with E-state index < -0.39 is 0 Å². The molecule has 0 radical (unpaired) electrons. The predicted molar refractivity (Wildman–Crippen MR) is 120 cm³/mol. The number of ether oxygens (including phenoxy) is 1. The zero-order valence-electron chi connectivity index (χ0n) is 18.7. The fourth-order valence-corrected chi connectivity index (χ4v) is 5.02. The van der Waals surface area contributed by atoms with Crippen molar-refractivity contribution in [2.45, 2.75) is 57.2 Å². The van der Waals surface area contributed by atoms with Crippen LogP contribution in [0.1, 0.15) is 44.1 Å². The molecule has 1 aromatic rings. The number of fused-ring (bicyclic) bond motifs is 2. The summed E-state index contributed by atoms with van der Waals surface area (Å²) in [5, 5.41) is 2.60. The number of piperazine rings is 2. The van der Waals surface area contributed by atoms with Gasteiger partial charge in [0.1, 0.15) is 12.6 Å². The Morgan fingerprint density at radius 1 is 0.969 bits per heavy atom. The molecule has 0 aliphatic carbocycles. The summed E-state index contributed by atoms with van der Waals surface area (Å²) in [5.74, 6) is 0.0913. The summed E-state index contributed by atoms with van der Waals surface area (Å²) in [5.41, 5.74) is 1.04. The van der Waals surface area contributed by atoms with Gasteiger partial charge in [0.05, 0.1) is 6.54 Å². The van der Waals surface area contributed by atoms with E-state index in [1.807, 2.05) is 35.2 Å². The summed E-state index contributed by atoms with van der Waals surface area (Å²) in [6.45, 7) is 5.12. The van der Waals surface area contributed by atoms with Crippen LogP contribution >= 0.6 is 0 Å². The van der Waals surface area contributed by atoms with Gasteiger partial charge in [0.2, 0.25) is 11.8 Å². The first-order valence-corrected chi connectivity index (χ1v) is 11.9. The number of nitrogens with zero attached hydrogens (tertiary/aromatic N) is 3.